The van der Waals surface area contributed by atoms with Crippen molar-refractivity contribution in [1.29, 1.82) is 0 Å². The SMILES string of the molecule is CC(C)(C)NS(=O)(=O)c1cccc(-c2ncc(O)c(Nc3cc(C4CC4)n[nH]3)n2)c1. The van der Waals surface area contributed by atoms with Gasteiger partial charge in [0.15, 0.2) is 17.4 Å². The van der Waals surface area contributed by atoms with Crippen molar-refractivity contribution in [3.8, 4) is 17.1 Å². The van der Waals surface area contributed by atoms with Gasteiger partial charge in [-0.2, -0.15) is 5.10 Å². The number of anilines is 2. The summed E-state index contributed by atoms with van der Waals surface area (Å²) in [6.45, 7) is 5.33. The molecule has 0 spiro atoms. The Bertz CT molecular complexity index is 1180. The molecule has 0 unspecified atom stereocenters. The Labute approximate surface area is 175 Å². The quantitative estimate of drug-likeness (QED) is 0.473. The van der Waals surface area contributed by atoms with Crippen LogP contribution in [0, 0.1) is 0 Å². The van der Waals surface area contributed by atoms with Gasteiger partial charge in [-0.25, -0.2) is 23.1 Å². The number of nitrogens with one attached hydrogen (secondary N) is 3. The summed E-state index contributed by atoms with van der Waals surface area (Å²) in [6.07, 6.45) is 3.55. The minimum atomic E-state index is -3.70. The summed E-state index contributed by atoms with van der Waals surface area (Å²) < 4.78 is 27.9. The van der Waals surface area contributed by atoms with Crippen LogP contribution in [0.1, 0.15) is 45.2 Å². The van der Waals surface area contributed by atoms with E-state index in [1.54, 1.807) is 32.9 Å². The Hall–Kier alpha value is -2.98. The highest BCUT2D eigenvalue weighted by atomic mass is 32.2. The van der Waals surface area contributed by atoms with Crippen molar-refractivity contribution in [2.45, 2.75) is 50.0 Å². The predicted molar refractivity (Wildman–Crippen MR) is 113 cm³/mol. The number of hydrogen-bond donors (Lipinski definition) is 4. The van der Waals surface area contributed by atoms with Crippen LogP contribution in [0.2, 0.25) is 0 Å². The summed E-state index contributed by atoms with van der Waals surface area (Å²) in [4.78, 5) is 8.63. The number of aromatic hydroxyl groups is 1. The van der Waals surface area contributed by atoms with Crippen molar-refractivity contribution in [2.75, 3.05) is 5.32 Å². The number of rotatable bonds is 6. The largest absolute Gasteiger partial charge is 0.503 e. The normalized spacial score (nSPS) is 14.6. The van der Waals surface area contributed by atoms with Gasteiger partial charge in [-0.15, -0.1) is 0 Å². The topological polar surface area (TPSA) is 133 Å². The first-order valence-electron chi connectivity index (χ1n) is 9.63. The van der Waals surface area contributed by atoms with Crippen LogP contribution in [0.3, 0.4) is 0 Å². The first kappa shape index (κ1) is 20.3. The van der Waals surface area contributed by atoms with Crippen molar-refractivity contribution < 1.29 is 13.5 Å². The molecule has 158 valence electrons. The predicted octanol–water partition coefficient (Wildman–Crippen LogP) is 3.27. The van der Waals surface area contributed by atoms with Gasteiger partial charge in [0, 0.05) is 23.1 Å². The van der Waals surface area contributed by atoms with Gasteiger partial charge in [-0.3, -0.25) is 5.10 Å². The van der Waals surface area contributed by atoms with Gasteiger partial charge in [0.1, 0.15) is 5.82 Å². The number of benzene rings is 1. The highest BCUT2D eigenvalue weighted by molar-refractivity contribution is 7.89. The zero-order valence-electron chi connectivity index (χ0n) is 17.0. The first-order chi connectivity index (χ1) is 14.1. The van der Waals surface area contributed by atoms with Gasteiger partial charge < -0.3 is 10.4 Å². The van der Waals surface area contributed by atoms with E-state index >= 15 is 0 Å². The number of nitrogens with zero attached hydrogens (tertiary/aromatic N) is 3. The Morgan fingerprint density at radius 1 is 1.20 bits per heavy atom. The summed E-state index contributed by atoms with van der Waals surface area (Å²) in [5.74, 6) is 1.47. The molecule has 2 aromatic heterocycles. The molecule has 1 aromatic carbocycles. The zero-order chi connectivity index (χ0) is 21.5. The first-order valence-corrected chi connectivity index (χ1v) is 11.1. The molecule has 30 heavy (non-hydrogen) atoms. The number of aromatic amines is 1. The lowest BCUT2D eigenvalue weighted by Gasteiger charge is -2.20. The number of H-pyrrole nitrogens is 1. The minimum Gasteiger partial charge on any atom is -0.503 e. The molecule has 1 saturated carbocycles. The summed E-state index contributed by atoms with van der Waals surface area (Å²) in [6, 6.07) is 8.26. The van der Waals surface area contributed by atoms with E-state index in [2.05, 4.69) is 30.2 Å². The minimum absolute atomic E-state index is 0.115. The van der Waals surface area contributed by atoms with Gasteiger partial charge >= 0.3 is 0 Å². The second kappa shape index (κ2) is 7.37. The molecule has 3 aromatic rings. The fourth-order valence-electron chi connectivity index (χ4n) is 2.99. The van der Waals surface area contributed by atoms with E-state index < -0.39 is 15.6 Å². The van der Waals surface area contributed by atoms with Crippen LogP contribution in [-0.4, -0.2) is 39.2 Å². The van der Waals surface area contributed by atoms with Crippen LogP contribution in [0.15, 0.2) is 41.4 Å². The molecule has 4 rings (SSSR count). The molecule has 1 fully saturated rings. The Morgan fingerprint density at radius 2 is 1.97 bits per heavy atom. The van der Waals surface area contributed by atoms with Crippen molar-refractivity contribution >= 4 is 21.7 Å². The third-order valence-electron chi connectivity index (χ3n) is 4.46. The maximum Gasteiger partial charge on any atom is 0.241 e. The second-order valence-corrected chi connectivity index (χ2v) is 10.1. The Morgan fingerprint density at radius 3 is 2.67 bits per heavy atom. The van der Waals surface area contributed by atoms with Gasteiger partial charge in [0.25, 0.3) is 0 Å². The Balaban J connectivity index is 1.62. The lowest BCUT2D eigenvalue weighted by atomic mass is 10.1. The molecule has 0 bridgehead atoms. The molecule has 0 atom stereocenters. The van der Waals surface area contributed by atoms with E-state index in [4.69, 9.17) is 0 Å². The van der Waals surface area contributed by atoms with Crippen molar-refractivity contribution in [2.24, 2.45) is 0 Å². The zero-order valence-corrected chi connectivity index (χ0v) is 17.8. The van der Waals surface area contributed by atoms with Crippen LogP contribution in [-0.2, 0) is 10.0 Å². The molecule has 10 heteroatoms. The molecular weight excluding hydrogens is 404 g/mol. The standard InChI is InChI=1S/C20H24N6O3S/c1-20(2,3)26-30(28,29)14-6-4-5-13(9-14)18-21-11-16(27)19(23-18)22-17-10-15(24-25-17)12-7-8-12/h4-6,9-12,26-27H,7-8H2,1-3H3,(H2,21,22,23,24,25). The second-order valence-electron chi connectivity index (χ2n) is 8.42. The lowest BCUT2D eigenvalue weighted by Crippen LogP contribution is -2.40. The summed E-state index contributed by atoms with van der Waals surface area (Å²) >= 11 is 0. The lowest BCUT2D eigenvalue weighted by molar-refractivity contribution is 0.472. The molecule has 0 saturated heterocycles. The van der Waals surface area contributed by atoms with Crippen molar-refractivity contribution in [3.05, 3.63) is 42.2 Å². The highest BCUT2D eigenvalue weighted by Gasteiger charge is 2.26. The molecule has 0 radical (unpaired) electrons. The van der Waals surface area contributed by atoms with E-state index in [1.165, 1.54) is 18.3 Å². The molecule has 9 nitrogen and oxygen atoms in total. The Kier molecular flexibility index (Phi) is 4.99. The van der Waals surface area contributed by atoms with E-state index in [-0.39, 0.29) is 22.3 Å². The van der Waals surface area contributed by atoms with Crippen LogP contribution in [0.5, 0.6) is 5.75 Å². The highest BCUT2D eigenvalue weighted by Crippen LogP contribution is 2.40. The molecule has 1 aliphatic carbocycles. The fraction of sp³-hybridized carbons (Fsp3) is 0.350. The van der Waals surface area contributed by atoms with Gasteiger partial charge in [-0.05, 0) is 45.7 Å². The van der Waals surface area contributed by atoms with Crippen molar-refractivity contribution in [1.82, 2.24) is 24.9 Å². The smallest absolute Gasteiger partial charge is 0.241 e. The molecule has 0 amide bonds. The maximum absolute atomic E-state index is 12.6. The van der Waals surface area contributed by atoms with Crippen LogP contribution >= 0.6 is 0 Å². The summed E-state index contributed by atoms with van der Waals surface area (Å²) in [7, 11) is -3.70. The van der Waals surface area contributed by atoms with Crippen LogP contribution in [0.4, 0.5) is 11.6 Å². The summed E-state index contributed by atoms with van der Waals surface area (Å²) in [5.41, 5.74) is 0.887. The summed E-state index contributed by atoms with van der Waals surface area (Å²) in [5, 5.41) is 20.3. The van der Waals surface area contributed by atoms with Crippen LogP contribution < -0.4 is 10.0 Å². The maximum atomic E-state index is 12.6. The van der Waals surface area contributed by atoms with Gasteiger partial charge in [-0.1, -0.05) is 12.1 Å². The van der Waals surface area contributed by atoms with Gasteiger partial charge in [0.2, 0.25) is 10.0 Å². The van der Waals surface area contributed by atoms with Crippen molar-refractivity contribution in [3.63, 3.8) is 0 Å². The monoisotopic (exact) mass is 428 g/mol. The number of hydrogen-bond acceptors (Lipinski definition) is 7. The third-order valence-corrected chi connectivity index (χ3v) is 6.21. The third kappa shape index (κ3) is 4.60. The molecule has 0 aliphatic heterocycles. The van der Waals surface area contributed by atoms with E-state index in [1.807, 2.05) is 6.07 Å². The molecule has 2 heterocycles. The average molecular weight is 429 g/mol. The van der Waals surface area contributed by atoms with E-state index in [0.717, 1.165) is 18.5 Å². The fourth-order valence-corrected chi connectivity index (χ4v) is 4.45. The van der Waals surface area contributed by atoms with Crippen LogP contribution in [0.25, 0.3) is 11.4 Å². The number of sulfonamides is 1. The number of aromatic nitrogens is 4. The van der Waals surface area contributed by atoms with E-state index in [9.17, 15) is 13.5 Å². The molecular formula is C20H24N6O3S. The van der Waals surface area contributed by atoms with E-state index in [0.29, 0.717) is 17.3 Å². The van der Waals surface area contributed by atoms with Gasteiger partial charge in [0.05, 0.1) is 16.8 Å². The molecule has 1 aliphatic rings. The average Bonchev–Trinajstić information content (AvgIpc) is 3.41. The molecule has 4 N–H and O–H groups in total.